The smallest absolute Gasteiger partial charge is 0.147 e. The first-order valence-electron chi connectivity index (χ1n) is 5.10. The molecule has 0 aromatic carbocycles. The van der Waals surface area contributed by atoms with Crippen molar-refractivity contribution in [3.8, 4) is 0 Å². The molecular formula is C9H16N4O. The minimum atomic E-state index is 0.296. The van der Waals surface area contributed by atoms with Crippen molar-refractivity contribution in [3.05, 3.63) is 12.2 Å². The lowest BCUT2D eigenvalue weighted by molar-refractivity contribution is 0.202. The van der Waals surface area contributed by atoms with Gasteiger partial charge in [-0.05, 0) is 19.4 Å². The molecule has 0 saturated carbocycles. The molecule has 2 heterocycles. The summed E-state index contributed by atoms with van der Waals surface area (Å²) < 4.78 is 2.10. The van der Waals surface area contributed by atoms with Gasteiger partial charge in [-0.3, -0.25) is 4.90 Å². The SMILES string of the molecule is OCCCCN1CCn2cnnc2C1. The number of fused-ring (bicyclic) bond motifs is 1. The second-order valence-corrected chi connectivity index (χ2v) is 3.65. The summed E-state index contributed by atoms with van der Waals surface area (Å²) in [6, 6.07) is 0. The van der Waals surface area contributed by atoms with Gasteiger partial charge in [0.1, 0.15) is 12.2 Å². The molecular weight excluding hydrogens is 180 g/mol. The van der Waals surface area contributed by atoms with E-state index in [-0.39, 0.29) is 0 Å². The van der Waals surface area contributed by atoms with Crippen LogP contribution in [0.3, 0.4) is 0 Å². The Kier molecular flexibility index (Phi) is 3.10. The molecule has 0 spiro atoms. The van der Waals surface area contributed by atoms with Crippen LogP contribution in [-0.4, -0.2) is 44.5 Å². The number of aliphatic hydroxyl groups is 1. The summed E-state index contributed by atoms with van der Waals surface area (Å²) in [5.74, 6) is 1.06. The molecule has 0 fully saturated rings. The van der Waals surface area contributed by atoms with Crippen LogP contribution in [0.2, 0.25) is 0 Å². The first-order valence-corrected chi connectivity index (χ1v) is 5.10. The average molecular weight is 196 g/mol. The highest BCUT2D eigenvalue weighted by Crippen LogP contribution is 2.09. The van der Waals surface area contributed by atoms with Gasteiger partial charge in [0.2, 0.25) is 0 Å². The number of hydrogen-bond donors (Lipinski definition) is 1. The number of aromatic nitrogens is 3. The molecule has 1 aliphatic heterocycles. The summed E-state index contributed by atoms with van der Waals surface area (Å²) in [6.07, 6.45) is 3.74. The van der Waals surface area contributed by atoms with Gasteiger partial charge in [-0.2, -0.15) is 0 Å². The second kappa shape index (κ2) is 4.52. The fourth-order valence-corrected chi connectivity index (χ4v) is 1.75. The highest BCUT2D eigenvalue weighted by Gasteiger charge is 2.16. The van der Waals surface area contributed by atoms with Crippen LogP contribution in [0.15, 0.2) is 6.33 Å². The van der Waals surface area contributed by atoms with Crippen molar-refractivity contribution in [2.24, 2.45) is 0 Å². The average Bonchev–Trinajstić information content (AvgIpc) is 2.65. The molecule has 0 aliphatic carbocycles. The van der Waals surface area contributed by atoms with Crippen LogP contribution in [0.5, 0.6) is 0 Å². The molecule has 14 heavy (non-hydrogen) atoms. The summed E-state index contributed by atoms with van der Waals surface area (Å²) in [5.41, 5.74) is 0. The zero-order chi connectivity index (χ0) is 9.80. The maximum atomic E-state index is 8.68. The van der Waals surface area contributed by atoms with E-state index < -0.39 is 0 Å². The lowest BCUT2D eigenvalue weighted by atomic mass is 10.2. The molecule has 5 nitrogen and oxygen atoms in total. The van der Waals surface area contributed by atoms with Crippen molar-refractivity contribution >= 4 is 0 Å². The Morgan fingerprint density at radius 3 is 3.14 bits per heavy atom. The predicted molar refractivity (Wildman–Crippen MR) is 51.6 cm³/mol. The molecule has 0 unspecified atom stereocenters. The van der Waals surface area contributed by atoms with Gasteiger partial charge in [0.15, 0.2) is 0 Å². The van der Waals surface area contributed by atoms with Crippen LogP contribution in [0.25, 0.3) is 0 Å². The van der Waals surface area contributed by atoms with Crippen molar-refractivity contribution in [2.75, 3.05) is 19.7 Å². The van der Waals surface area contributed by atoms with E-state index >= 15 is 0 Å². The highest BCUT2D eigenvalue weighted by atomic mass is 16.2. The Labute approximate surface area is 83.4 Å². The van der Waals surface area contributed by atoms with Gasteiger partial charge in [-0.25, -0.2) is 0 Å². The molecule has 1 N–H and O–H groups in total. The fraction of sp³-hybridized carbons (Fsp3) is 0.778. The van der Waals surface area contributed by atoms with Crippen molar-refractivity contribution in [2.45, 2.75) is 25.9 Å². The largest absolute Gasteiger partial charge is 0.396 e. The Bertz CT molecular complexity index is 286. The van der Waals surface area contributed by atoms with Crippen molar-refractivity contribution in [1.82, 2.24) is 19.7 Å². The third kappa shape index (κ3) is 2.10. The normalized spacial score (nSPS) is 16.9. The molecule has 5 heteroatoms. The zero-order valence-electron chi connectivity index (χ0n) is 8.26. The standard InChI is InChI=1S/C9H16N4O/c14-6-2-1-3-12-4-5-13-8-10-11-9(13)7-12/h8,14H,1-7H2. The maximum Gasteiger partial charge on any atom is 0.147 e. The third-order valence-electron chi connectivity index (χ3n) is 2.60. The topological polar surface area (TPSA) is 54.2 Å². The van der Waals surface area contributed by atoms with Crippen LogP contribution in [0.1, 0.15) is 18.7 Å². The molecule has 2 rings (SSSR count). The lowest BCUT2D eigenvalue weighted by Crippen LogP contribution is -2.34. The first-order chi connectivity index (χ1) is 6.90. The summed E-state index contributed by atoms with van der Waals surface area (Å²) in [5, 5.41) is 16.6. The van der Waals surface area contributed by atoms with Gasteiger partial charge in [0, 0.05) is 19.7 Å². The summed E-state index contributed by atoms with van der Waals surface area (Å²) in [4.78, 5) is 2.36. The third-order valence-corrected chi connectivity index (χ3v) is 2.60. The Morgan fingerprint density at radius 2 is 2.29 bits per heavy atom. The Balaban J connectivity index is 1.82. The molecule has 1 aromatic rings. The Morgan fingerprint density at radius 1 is 1.36 bits per heavy atom. The van der Waals surface area contributed by atoms with Crippen LogP contribution in [0, 0.1) is 0 Å². The second-order valence-electron chi connectivity index (χ2n) is 3.65. The predicted octanol–water partition coefficient (Wildman–Crippen LogP) is -0.134. The van der Waals surface area contributed by atoms with E-state index in [1.54, 1.807) is 6.33 Å². The minimum absolute atomic E-state index is 0.296. The van der Waals surface area contributed by atoms with Crippen molar-refractivity contribution < 1.29 is 5.11 Å². The number of nitrogens with zero attached hydrogens (tertiary/aromatic N) is 4. The van der Waals surface area contributed by atoms with E-state index in [0.29, 0.717) is 6.61 Å². The summed E-state index contributed by atoms with van der Waals surface area (Å²) >= 11 is 0. The lowest BCUT2D eigenvalue weighted by Gasteiger charge is -2.26. The van der Waals surface area contributed by atoms with Crippen molar-refractivity contribution in [1.29, 1.82) is 0 Å². The van der Waals surface area contributed by atoms with Crippen LogP contribution in [-0.2, 0) is 13.1 Å². The number of hydrogen-bond acceptors (Lipinski definition) is 4. The molecule has 78 valence electrons. The number of unbranched alkanes of at least 4 members (excludes halogenated alkanes) is 1. The van der Waals surface area contributed by atoms with Crippen LogP contribution in [0.4, 0.5) is 0 Å². The van der Waals surface area contributed by atoms with Crippen LogP contribution >= 0.6 is 0 Å². The molecule has 0 amide bonds. The monoisotopic (exact) mass is 196 g/mol. The number of aliphatic hydroxyl groups excluding tert-OH is 1. The van der Waals surface area contributed by atoms with E-state index in [9.17, 15) is 0 Å². The van der Waals surface area contributed by atoms with Crippen LogP contribution < -0.4 is 0 Å². The molecule has 0 saturated heterocycles. The van der Waals surface area contributed by atoms with Gasteiger partial charge >= 0.3 is 0 Å². The van der Waals surface area contributed by atoms with Gasteiger partial charge < -0.3 is 9.67 Å². The molecule has 0 bridgehead atoms. The van der Waals surface area contributed by atoms with E-state index in [1.165, 1.54) is 0 Å². The molecule has 0 radical (unpaired) electrons. The molecule has 1 aromatic heterocycles. The maximum absolute atomic E-state index is 8.68. The summed E-state index contributed by atoms with van der Waals surface area (Å²) in [7, 11) is 0. The number of rotatable bonds is 4. The van der Waals surface area contributed by atoms with E-state index in [4.69, 9.17) is 5.11 Å². The van der Waals surface area contributed by atoms with Gasteiger partial charge in [0.05, 0.1) is 6.54 Å². The molecule has 0 atom stereocenters. The van der Waals surface area contributed by atoms with E-state index in [2.05, 4.69) is 19.7 Å². The van der Waals surface area contributed by atoms with Gasteiger partial charge in [-0.1, -0.05) is 0 Å². The minimum Gasteiger partial charge on any atom is -0.396 e. The van der Waals surface area contributed by atoms with Gasteiger partial charge in [-0.15, -0.1) is 10.2 Å². The van der Waals surface area contributed by atoms with Crippen molar-refractivity contribution in [3.63, 3.8) is 0 Å². The zero-order valence-corrected chi connectivity index (χ0v) is 8.26. The van der Waals surface area contributed by atoms with E-state index in [0.717, 1.165) is 44.8 Å². The van der Waals surface area contributed by atoms with Gasteiger partial charge in [0.25, 0.3) is 0 Å². The quantitative estimate of drug-likeness (QED) is 0.681. The molecule has 1 aliphatic rings. The summed E-state index contributed by atoms with van der Waals surface area (Å²) in [6.45, 7) is 4.29. The highest BCUT2D eigenvalue weighted by molar-refractivity contribution is 4.89. The Hall–Kier alpha value is -0.940. The van der Waals surface area contributed by atoms with E-state index in [1.807, 2.05) is 0 Å². The first kappa shape index (κ1) is 9.61. The fourth-order valence-electron chi connectivity index (χ4n) is 1.75.